The van der Waals surface area contributed by atoms with Gasteiger partial charge in [-0.1, -0.05) is 12.1 Å². The summed E-state index contributed by atoms with van der Waals surface area (Å²) in [5.74, 6) is 1.33. The minimum absolute atomic E-state index is 0. The molecule has 19 heavy (non-hydrogen) atoms. The predicted octanol–water partition coefficient (Wildman–Crippen LogP) is 2.96. The van der Waals surface area contributed by atoms with Crippen molar-refractivity contribution in [2.24, 2.45) is 0 Å². The first-order valence-electron chi connectivity index (χ1n) is 5.53. The molecule has 2 rings (SSSR count). The molecule has 0 radical (unpaired) electrons. The molecule has 0 fully saturated rings. The molecule has 0 saturated carbocycles. The lowest BCUT2D eigenvalue weighted by Gasteiger charge is -2.09. The van der Waals surface area contributed by atoms with Crippen LogP contribution in [-0.2, 0) is 0 Å². The Bertz CT molecular complexity index is 522. The van der Waals surface area contributed by atoms with Crippen molar-refractivity contribution in [1.82, 2.24) is 0 Å². The van der Waals surface area contributed by atoms with E-state index in [4.69, 9.17) is 20.9 Å². The molecule has 102 valence electrons. The summed E-state index contributed by atoms with van der Waals surface area (Å²) < 4.78 is 10.3. The zero-order chi connectivity index (χ0) is 13.1. The molecule has 4 N–H and O–H groups in total. The molecule has 2 aromatic rings. The number of benzene rings is 2. The highest BCUT2D eigenvalue weighted by Gasteiger charge is 2.05. The number of nitrogen functional groups attached to an aromatic ring is 2. The summed E-state index contributed by atoms with van der Waals surface area (Å²) in [4.78, 5) is 0. The average molecular weight is 281 g/mol. The lowest BCUT2D eigenvalue weighted by atomic mass is 10.0. The second-order valence-electron chi connectivity index (χ2n) is 3.91. The Morgan fingerprint density at radius 3 is 1.37 bits per heavy atom. The highest BCUT2D eigenvalue weighted by molar-refractivity contribution is 5.85. The SMILES string of the molecule is COc1ccc(-c2ccc(OC)c(N)c2)cc1N.Cl. The van der Waals surface area contributed by atoms with E-state index in [0.717, 1.165) is 11.1 Å². The van der Waals surface area contributed by atoms with Crippen LogP contribution in [0.4, 0.5) is 11.4 Å². The van der Waals surface area contributed by atoms with E-state index in [0.29, 0.717) is 22.9 Å². The van der Waals surface area contributed by atoms with E-state index in [9.17, 15) is 0 Å². The van der Waals surface area contributed by atoms with E-state index < -0.39 is 0 Å². The fraction of sp³-hybridized carbons (Fsp3) is 0.143. The van der Waals surface area contributed by atoms with Gasteiger partial charge in [-0.2, -0.15) is 0 Å². The van der Waals surface area contributed by atoms with Crippen molar-refractivity contribution in [2.75, 3.05) is 25.7 Å². The maximum absolute atomic E-state index is 5.88. The molecule has 2 aromatic carbocycles. The Morgan fingerprint density at radius 2 is 1.11 bits per heavy atom. The molecule has 0 unspecified atom stereocenters. The Labute approximate surface area is 118 Å². The summed E-state index contributed by atoms with van der Waals surface area (Å²) in [5.41, 5.74) is 14.9. The Morgan fingerprint density at radius 1 is 0.737 bits per heavy atom. The van der Waals surface area contributed by atoms with Crippen molar-refractivity contribution in [2.45, 2.75) is 0 Å². The highest BCUT2D eigenvalue weighted by atomic mass is 35.5. The van der Waals surface area contributed by atoms with Gasteiger partial charge in [0.1, 0.15) is 11.5 Å². The van der Waals surface area contributed by atoms with Crippen LogP contribution >= 0.6 is 12.4 Å². The van der Waals surface area contributed by atoms with E-state index in [1.165, 1.54) is 0 Å². The lowest BCUT2D eigenvalue weighted by molar-refractivity contribution is 0.417. The fourth-order valence-corrected chi connectivity index (χ4v) is 1.83. The molecular formula is C14H17ClN2O2. The summed E-state index contributed by atoms with van der Waals surface area (Å²) in [6.07, 6.45) is 0. The van der Waals surface area contributed by atoms with Crippen molar-refractivity contribution in [3.63, 3.8) is 0 Å². The number of halogens is 1. The molecule has 0 aliphatic carbocycles. The second kappa shape index (κ2) is 6.20. The van der Waals surface area contributed by atoms with Crippen molar-refractivity contribution < 1.29 is 9.47 Å². The minimum atomic E-state index is 0. The van der Waals surface area contributed by atoms with Crippen LogP contribution in [0.2, 0.25) is 0 Å². The standard InChI is InChI=1S/C14H16N2O2.ClH/c1-17-13-5-3-9(7-11(13)15)10-4-6-14(18-2)12(16)8-10;/h3-8H,15-16H2,1-2H3;1H. The van der Waals surface area contributed by atoms with Gasteiger partial charge in [0, 0.05) is 0 Å². The van der Waals surface area contributed by atoms with Crippen molar-refractivity contribution in [3.8, 4) is 22.6 Å². The van der Waals surface area contributed by atoms with Gasteiger partial charge in [0.15, 0.2) is 0 Å². The molecule has 0 spiro atoms. The molecule has 0 heterocycles. The summed E-state index contributed by atoms with van der Waals surface area (Å²) in [5, 5.41) is 0. The summed E-state index contributed by atoms with van der Waals surface area (Å²) in [7, 11) is 3.19. The molecule has 0 atom stereocenters. The average Bonchev–Trinajstić information content (AvgIpc) is 2.38. The zero-order valence-corrected chi connectivity index (χ0v) is 11.7. The molecular weight excluding hydrogens is 264 g/mol. The molecule has 4 nitrogen and oxygen atoms in total. The number of nitrogens with two attached hydrogens (primary N) is 2. The quantitative estimate of drug-likeness (QED) is 0.848. The number of ether oxygens (including phenoxy) is 2. The van der Waals surface area contributed by atoms with Crippen molar-refractivity contribution in [3.05, 3.63) is 36.4 Å². The van der Waals surface area contributed by atoms with Crippen LogP contribution in [0.5, 0.6) is 11.5 Å². The van der Waals surface area contributed by atoms with Crippen LogP contribution in [0, 0.1) is 0 Å². The Kier molecular flexibility index (Phi) is 4.89. The minimum Gasteiger partial charge on any atom is -0.495 e. The van der Waals surface area contributed by atoms with Gasteiger partial charge in [-0.15, -0.1) is 12.4 Å². The molecule has 0 bridgehead atoms. The first-order chi connectivity index (χ1) is 8.65. The molecule has 0 aromatic heterocycles. The van der Waals surface area contributed by atoms with Gasteiger partial charge in [-0.3, -0.25) is 0 Å². The van der Waals surface area contributed by atoms with Gasteiger partial charge < -0.3 is 20.9 Å². The number of hydrogen-bond acceptors (Lipinski definition) is 4. The molecule has 0 saturated heterocycles. The summed E-state index contributed by atoms with van der Waals surface area (Å²) in [6.45, 7) is 0. The van der Waals surface area contributed by atoms with Gasteiger partial charge in [0.25, 0.3) is 0 Å². The van der Waals surface area contributed by atoms with E-state index in [1.54, 1.807) is 14.2 Å². The van der Waals surface area contributed by atoms with E-state index in [-0.39, 0.29) is 12.4 Å². The predicted molar refractivity (Wildman–Crippen MR) is 81.1 cm³/mol. The van der Waals surface area contributed by atoms with Crippen molar-refractivity contribution >= 4 is 23.8 Å². The maximum atomic E-state index is 5.88. The monoisotopic (exact) mass is 280 g/mol. The molecule has 5 heteroatoms. The van der Waals surface area contributed by atoms with Gasteiger partial charge in [-0.25, -0.2) is 0 Å². The van der Waals surface area contributed by atoms with Gasteiger partial charge in [0.2, 0.25) is 0 Å². The summed E-state index contributed by atoms with van der Waals surface area (Å²) in [6, 6.07) is 11.3. The summed E-state index contributed by atoms with van der Waals surface area (Å²) >= 11 is 0. The van der Waals surface area contributed by atoms with Crippen molar-refractivity contribution in [1.29, 1.82) is 0 Å². The number of methoxy groups -OCH3 is 2. The van der Waals surface area contributed by atoms with Crippen LogP contribution in [0.1, 0.15) is 0 Å². The fourth-order valence-electron chi connectivity index (χ4n) is 1.83. The number of rotatable bonds is 3. The van der Waals surface area contributed by atoms with Gasteiger partial charge >= 0.3 is 0 Å². The topological polar surface area (TPSA) is 70.5 Å². The molecule has 0 aliphatic rings. The number of hydrogen-bond donors (Lipinski definition) is 2. The van der Waals surface area contributed by atoms with E-state index in [1.807, 2.05) is 36.4 Å². The third kappa shape index (κ3) is 3.03. The number of anilines is 2. The largest absolute Gasteiger partial charge is 0.495 e. The van der Waals surface area contributed by atoms with Crippen LogP contribution in [0.3, 0.4) is 0 Å². The van der Waals surface area contributed by atoms with E-state index in [2.05, 4.69) is 0 Å². The van der Waals surface area contributed by atoms with Gasteiger partial charge in [-0.05, 0) is 35.4 Å². The van der Waals surface area contributed by atoms with Crippen LogP contribution in [0.25, 0.3) is 11.1 Å². The van der Waals surface area contributed by atoms with Crippen LogP contribution < -0.4 is 20.9 Å². The first-order valence-corrected chi connectivity index (χ1v) is 5.53. The lowest BCUT2D eigenvalue weighted by Crippen LogP contribution is -1.94. The maximum Gasteiger partial charge on any atom is 0.141 e. The smallest absolute Gasteiger partial charge is 0.141 e. The first kappa shape index (κ1) is 15.0. The Balaban J connectivity index is 0.00000180. The van der Waals surface area contributed by atoms with Crippen LogP contribution in [0.15, 0.2) is 36.4 Å². The molecule has 0 amide bonds. The zero-order valence-electron chi connectivity index (χ0n) is 10.8. The highest BCUT2D eigenvalue weighted by Crippen LogP contribution is 2.31. The normalized spacial score (nSPS) is 9.58. The molecule has 0 aliphatic heterocycles. The van der Waals surface area contributed by atoms with E-state index >= 15 is 0 Å². The third-order valence-corrected chi connectivity index (χ3v) is 2.79. The van der Waals surface area contributed by atoms with Gasteiger partial charge in [0.05, 0.1) is 25.6 Å². The van der Waals surface area contributed by atoms with Crippen LogP contribution in [-0.4, -0.2) is 14.2 Å². The second-order valence-corrected chi connectivity index (χ2v) is 3.91. The third-order valence-electron chi connectivity index (χ3n) is 2.79. The Hall–Kier alpha value is -2.07.